The zero-order valence-corrected chi connectivity index (χ0v) is 18.4. The molecule has 0 aliphatic heterocycles. The van der Waals surface area contributed by atoms with Crippen LogP contribution < -0.4 is 15.4 Å². The molecule has 0 aliphatic rings. The fraction of sp³-hybridized carbons (Fsp3) is 0.154. The van der Waals surface area contributed by atoms with E-state index >= 15 is 0 Å². The van der Waals surface area contributed by atoms with Crippen molar-refractivity contribution in [2.45, 2.75) is 20.4 Å². The highest BCUT2D eigenvalue weighted by Gasteiger charge is 2.21. The molecule has 2 N–H and O–H groups in total. The molecule has 7 heteroatoms. The van der Waals surface area contributed by atoms with E-state index < -0.39 is 5.97 Å². The Bertz CT molecular complexity index is 1370. The monoisotopic (exact) mass is 442 g/mol. The third kappa shape index (κ3) is 4.52. The molecule has 33 heavy (non-hydrogen) atoms. The van der Waals surface area contributed by atoms with Gasteiger partial charge in [-0.2, -0.15) is 0 Å². The van der Waals surface area contributed by atoms with Crippen LogP contribution in [0.4, 0.5) is 11.5 Å². The molecule has 0 bridgehead atoms. The van der Waals surface area contributed by atoms with Gasteiger partial charge in [0.15, 0.2) is 18.2 Å². The van der Waals surface area contributed by atoms with E-state index in [-0.39, 0.29) is 11.3 Å². The molecule has 2 aromatic carbocycles. The minimum atomic E-state index is -0.410. The summed E-state index contributed by atoms with van der Waals surface area (Å²) >= 11 is 0. The number of pyridine rings is 2. The number of ether oxygens (including phenoxy) is 1. The van der Waals surface area contributed by atoms with Gasteiger partial charge < -0.3 is 15.0 Å². The number of esters is 1. The summed E-state index contributed by atoms with van der Waals surface area (Å²) in [6, 6.07) is 17.2. The van der Waals surface area contributed by atoms with Gasteiger partial charge in [0, 0.05) is 34.2 Å². The molecular weight excluding hydrogens is 418 g/mol. The van der Waals surface area contributed by atoms with E-state index in [1.165, 1.54) is 0 Å². The van der Waals surface area contributed by atoms with E-state index in [0.29, 0.717) is 45.6 Å². The van der Waals surface area contributed by atoms with Crippen LogP contribution in [0.3, 0.4) is 0 Å². The summed E-state index contributed by atoms with van der Waals surface area (Å²) < 4.78 is 6.98. The van der Waals surface area contributed by atoms with Crippen LogP contribution in [-0.4, -0.2) is 23.3 Å². The average Bonchev–Trinajstić information content (AvgIpc) is 2.84. The van der Waals surface area contributed by atoms with Gasteiger partial charge in [0.1, 0.15) is 12.4 Å². The van der Waals surface area contributed by atoms with Gasteiger partial charge in [-0.15, -0.1) is 0 Å². The van der Waals surface area contributed by atoms with Gasteiger partial charge in [0.2, 0.25) is 0 Å². The standard InChI is InChI=1S/C26H23N3O4/c1-3-29-15-13-17(14-16-29)23(30)22-20-7-5-6-8-21(20)25(31)28-24(22)27-19-11-9-18(10-12-19)26(32)33-4-2/h5-16H,3-4H2,1-2H3,(H-,27,28,30,31,32)/p+1. The number of hydrogen-bond acceptors (Lipinski definition) is 5. The first kappa shape index (κ1) is 22.0. The molecule has 0 aliphatic carbocycles. The number of nitrogens with zero attached hydrogens (tertiary/aromatic N) is 1. The largest absolute Gasteiger partial charge is 0.462 e. The zero-order chi connectivity index (χ0) is 23.4. The van der Waals surface area contributed by atoms with Gasteiger partial charge in [-0.1, -0.05) is 18.2 Å². The van der Waals surface area contributed by atoms with Crippen molar-refractivity contribution in [1.29, 1.82) is 0 Å². The Morgan fingerprint density at radius 1 is 0.909 bits per heavy atom. The van der Waals surface area contributed by atoms with Gasteiger partial charge >= 0.3 is 5.97 Å². The maximum atomic E-state index is 13.6. The molecule has 2 heterocycles. The van der Waals surface area contributed by atoms with Crippen LogP contribution in [0.5, 0.6) is 0 Å². The van der Waals surface area contributed by atoms with Crippen LogP contribution in [0.15, 0.2) is 77.9 Å². The van der Waals surface area contributed by atoms with Crippen molar-refractivity contribution in [3.05, 3.63) is 100 Å². The van der Waals surface area contributed by atoms with Crippen molar-refractivity contribution in [3.8, 4) is 0 Å². The van der Waals surface area contributed by atoms with Crippen LogP contribution >= 0.6 is 0 Å². The summed E-state index contributed by atoms with van der Waals surface area (Å²) in [5.74, 6) is -0.330. The summed E-state index contributed by atoms with van der Waals surface area (Å²) in [7, 11) is 0. The lowest BCUT2D eigenvalue weighted by molar-refractivity contribution is -0.693. The predicted octanol–water partition coefficient (Wildman–Crippen LogP) is 3.99. The molecule has 0 saturated heterocycles. The molecule has 0 amide bonds. The molecule has 2 aromatic heterocycles. The second-order valence-corrected chi connectivity index (χ2v) is 7.42. The van der Waals surface area contributed by atoms with Crippen molar-refractivity contribution in [2.24, 2.45) is 0 Å². The summed E-state index contributed by atoms with van der Waals surface area (Å²) in [4.78, 5) is 41.0. The number of ketones is 1. The Morgan fingerprint density at radius 3 is 2.21 bits per heavy atom. The molecule has 0 spiro atoms. The maximum absolute atomic E-state index is 13.6. The predicted molar refractivity (Wildman–Crippen MR) is 126 cm³/mol. The van der Waals surface area contributed by atoms with E-state index in [1.54, 1.807) is 67.6 Å². The lowest BCUT2D eigenvalue weighted by Crippen LogP contribution is -2.31. The Labute approximate surface area is 190 Å². The fourth-order valence-electron chi connectivity index (χ4n) is 3.62. The second-order valence-electron chi connectivity index (χ2n) is 7.42. The maximum Gasteiger partial charge on any atom is 0.338 e. The summed E-state index contributed by atoms with van der Waals surface area (Å²) in [5, 5.41) is 4.14. The Hall–Kier alpha value is -4.26. The van der Waals surface area contributed by atoms with Crippen LogP contribution in [-0.2, 0) is 11.3 Å². The van der Waals surface area contributed by atoms with Crippen LogP contribution in [0.1, 0.15) is 40.1 Å². The number of fused-ring (bicyclic) bond motifs is 1. The fourth-order valence-corrected chi connectivity index (χ4v) is 3.62. The van der Waals surface area contributed by atoms with Gasteiger partial charge in [-0.05, 0) is 44.2 Å². The molecule has 4 rings (SSSR count). The molecular formula is C26H24N3O4+. The minimum Gasteiger partial charge on any atom is -0.462 e. The first-order valence-electron chi connectivity index (χ1n) is 10.7. The zero-order valence-electron chi connectivity index (χ0n) is 18.4. The van der Waals surface area contributed by atoms with Gasteiger partial charge in [-0.3, -0.25) is 9.59 Å². The first-order valence-corrected chi connectivity index (χ1v) is 10.7. The topological polar surface area (TPSA) is 92.1 Å². The van der Waals surface area contributed by atoms with E-state index in [1.807, 2.05) is 23.9 Å². The number of anilines is 2. The third-order valence-corrected chi connectivity index (χ3v) is 5.34. The molecule has 4 aromatic rings. The van der Waals surface area contributed by atoms with Crippen LogP contribution in [0.25, 0.3) is 10.8 Å². The Balaban J connectivity index is 1.78. The van der Waals surface area contributed by atoms with E-state index in [9.17, 15) is 14.4 Å². The van der Waals surface area contributed by atoms with Gasteiger partial charge in [0.05, 0.1) is 17.7 Å². The molecule has 0 unspecified atom stereocenters. The Kier molecular flexibility index (Phi) is 6.31. The molecule has 7 nitrogen and oxygen atoms in total. The van der Waals surface area contributed by atoms with Crippen molar-refractivity contribution in [2.75, 3.05) is 11.9 Å². The first-order chi connectivity index (χ1) is 16.0. The number of H-pyrrole nitrogens is 1. The number of aryl methyl sites for hydroxylation is 1. The average molecular weight is 442 g/mol. The van der Waals surface area contributed by atoms with Gasteiger partial charge in [0.25, 0.3) is 5.56 Å². The van der Waals surface area contributed by atoms with E-state index in [2.05, 4.69) is 10.3 Å². The molecule has 0 atom stereocenters. The highest BCUT2D eigenvalue weighted by atomic mass is 16.5. The number of carbonyl (C=O) groups is 2. The molecule has 0 saturated carbocycles. The highest BCUT2D eigenvalue weighted by Crippen LogP contribution is 2.27. The smallest absolute Gasteiger partial charge is 0.338 e. The lowest BCUT2D eigenvalue weighted by Gasteiger charge is -2.14. The lowest BCUT2D eigenvalue weighted by atomic mass is 9.98. The van der Waals surface area contributed by atoms with E-state index in [0.717, 1.165) is 6.54 Å². The van der Waals surface area contributed by atoms with Crippen molar-refractivity contribution >= 4 is 34.0 Å². The second kappa shape index (κ2) is 9.48. The summed E-state index contributed by atoms with van der Waals surface area (Å²) in [5.41, 5.74) is 1.61. The SMILES string of the molecule is CCOC(=O)c1ccc(Nc2[nH]c(=O)c3ccccc3c2C(=O)c2cc[n+](CC)cc2)cc1. The van der Waals surface area contributed by atoms with Crippen LogP contribution in [0, 0.1) is 0 Å². The number of aromatic nitrogens is 2. The molecule has 166 valence electrons. The minimum absolute atomic E-state index is 0.212. The Morgan fingerprint density at radius 2 is 1.58 bits per heavy atom. The third-order valence-electron chi connectivity index (χ3n) is 5.34. The summed E-state index contributed by atoms with van der Waals surface area (Å²) in [6.07, 6.45) is 3.70. The highest BCUT2D eigenvalue weighted by molar-refractivity contribution is 6.19. The number of nitrogens with one attached hydrogen (secondary N) is 2. The number of rotatable bonds is 7. The number of carbonyl (C=O) groups excluding carboxylic acids is 2. The van der Waals surface area contributed by atoms with Gasteiger partial charge in [-0.25, -0.2) is 9.36 Å². The summed E-state index contributed by atoms with van der Waals surface area (Å²) in [6.45, 7) is 4.86. The van der Waals surface area contributed by atoms with Crippen molar-refractivity contribution < 1.29 is 18.9 Å². The molecule has 0 radical (unpaired) electrons. The van der Waals surface area contributed by atoms with Crippen LogP contribution in [0.2, 0.25) is 0 Å². The number of hydrogen-bond donors (Lipinski definition) is 2. The normalized spacial score (nSPS) is 10.7. The number of benzene rings is 2. The van der Waals surface area contributed by atoms with E-state index in [4.69, 9.17) is 4.74 Å². The number of aromatic amines is 1. The van der Waals surface area contributed by atoms with Crippen molar-refractivity contribution in [3.63, 3.8) is 0 Å². The van der Waals surface area contributed by atoms with Crippen molar-refractivity contribution in [1.82, 2.24) is 4.98 Å². The quantitative estimate of drug-likeness (QED) is 0.257. The molecule has 0 fully saturated rings.